The predicted molar refractivity (Wildman–Crippen MR) is 295 cm³/mol. The Morgan fingerprint density at radius 3 is 1.18 bits per heavy atom. The van der Waals surface area contributed by atoms with Gasteiger partial charge in [0.05, 0.1) is 12.2 Å². The van der Waals surface area contributed by atoms with Crippen LogP contribution >= 0.6 is 0 Å². The Morgan fingerprint density at radius 1 is 0.384 bits per heavy atom. The van der Waals surface area contributed by atoms with Gasteiger partial charge in [-0.2, -0.15) is 0 Å². The maximum absolute atomic E-state index is 12.9. The van der Waals surface area contributed by atoms with Crippen molar-refractivity contribution in [2.45, 2.75) is 296 Å². The molecule has 3 N–H and O–H groups in total. The number of allylic oxidation sites excluding steroid dienone is 3. The Bertz CT molecular complexity index is 1450. The van der Waals surface area contributed by atoms with Crippen molar-refractivity contribution < 1.29 is 58.2 Å². The summed E-state index contributed by atoms with van der Waals surface area (Å²) in [6.45, 7) is 6.19. The third-order valence-electron chi connectivity index (χ3n) is 12.9. The van der Waals surface area contributed by atoms with Crippen molar-refractivity contribution in [2.24, 2.45) is 0 Å². The molecule has 0 aromatic heterocycles. The first-order valence-corrected chi connectivity index (χ1v) is 29.4. The Morgan fingerprint density at radius 2 is 0.753 bits per heavy atom. The Balaban J connectivity index is 4.71. The summed E-state index contributed by atoms with van der Waals surface area (Å²) in [5, 5.41) is 29.1. The molecule has 0 aromatic carbocycles. The van der Waals surface area contributed by atoms with Crippen LogP contribution in [0, 0.1) is 0 Å². The van der Waals surface area contributed by atoms with E-state index < -0.39 is 24.0 Å². The molecule has 0 aliphatic rings. The predicted octanol–water partition coefficient (Wildman–Crippen LogP) is 15.2. The van der Waals surface area contributed by atoms with E-state index in [1.807, 2.05) is 6.08 Å². The molecule has 0 aliphatic heterocycles. The zero-order valence-electron chi connectivity index (χ0n) is 46.4. The van der Waals surface area contributed by atoms with Gasteiger partial charge in [-0.25, -0.2) is 9.59 Å². The van der Waals surface area contributed by atoms with Gasteiger partial charge >= 0.3 is 29.8 Å². The molecule has 0 aromatic rings. The smallest absolute Gasteiger partial charge is 0.331 e. The van der Waals surface area contributed by atoms with Crippen LogP contribution in [0.5, 0.6) is 0 Å². The van der Waals surface area contributed by atoms with E-state index in [4.69, 9.17) is 24.1 Å². The van der Waals surface area contributed by atoms with Gasteiger partial charge in [0.2, 0.25) is 0 Å². The van der Waals surface area contributed by atoms with E-state index in [2.05, 4.69) is 51.2 Å². The summed E-state index contributed by atoms with van der Waals surface area (Å²) in [6, 6.07) is 0. The number of carboxylic acids is 1. The lowest BCUT2D eigenvalue weighted by Crippen LogP contribution is -2.30. The molecular formula is C61H106O12. The number of hydrogen-bond donors (Lipinski definition) is 3. The first-order chi connectivity index (χ1) is 35.5. The van der Waals surface area contributed by atoms with Gasteiger partial charge in [-0.15, -0.1) is 0 Å². The van der Waals surface area contributed by atoms with Gasteiger partial charge in [0.15, 0.2) is 6.10 Å². The fourth-order valence-electron chi connectivity index (χ4n) is 8.39. The summed E-state index contributed by atoms with van der Waals surface area (Å²) in [4.78, 5) is 61.1. The van der Waals surface area contributed by atoms with Crippen molar-refractivity contribution in [3.63, 3.8) is 0 Å². The fourth-order valence-corrected chi connectivity index (χ4v) is 8.39. The van der Waals surface area contributed by atoms with Crippen LogP contribution in [0.3, 0.4) is 0 Å². The van der Waals surface area contributed by atoms with E-state index in [9.17, 15) is 34.2 Å². The molecule has 0 saturated heterocycles. The summed E-state index contributed by atoms with van der Waals surface area (Å²) in [7, 11) is 0. The highest BCUT2D eigenvalue weighted by atomic mass is 16.6. The van der Waals surface area contributed by atoms with Gasteiger partial charge in [0, 0.05) is 37.8 Å². The van der Waals surface area contributed by atoms with Gasteiger partial charge in [-0.3, -0.25) is 14.4 Å². The zero-order chi connectivity index (χ0) is 53.7. The van der Waals surface area contributed by atoms with Crippen LogP contribution in [0.1, 0.15) is 271 Å². The second kappa shape index (κ2) is 53.1. The minimum atomic E-state index is -1.19. The van der Waals surface area contributed by atoms with Gasteiger partial charge in [0.25, 0.3) is 0 Å². The molecule has 0 spiro atoms. The topological polar surface area (TPSA) is 183 Å². The Kier molecular flexibility index (Phi) is 50.3. The zero-order valence-corrected chi connectivity index (χ0v) is 46.4. The largest absolute Gasteiger partial charge is 0.478 e. The number of unbranched alkanes of at least 4 members (excludes halogenated alkanes) is 24. The van der Waals surface area contributed by atoms with Crippen molar-refractivity contribution in [1.82, 2.24) is 0 Å². The molecule has 12 nitrogen and oxygen atoms in total. The van der Waals surface area contributed by atoms with Crippen LogP contribution in [0.25, 0.3) is 0 Å². The van der Waals surface area contributed by atoms with Crippen molar-refractivity contribution in [3.8, 4) is 0 Å². The molecule has 0 heterocycles. The average molecular weight is 1030 g/mol. The number of ether oxygens (including phenoxy) is 4. The highest BCUT2D eigenvalue weighted by molar-refractivity contribution is 5.90. The van der Waals surface area contributed by atoms with Crippen molar-refractivity contribution >= 4 is 29.8 Å². The van der Waals surface area contributed by atoms with Crippen LogP contribution in [-0.2, 0) is 42.9 Å². The molecule has 4 atom stereocenters. The standard InChI is InChI=1S/C61H106O12/c1-4-7-10-31-40-53(62)42-33-25-19-13-16-22-28-37-46-58(66)70-51-56(73-60(68)48-39-30-24-17-14-20-26-34-43-54(63)41-32-11-8-5-2)52-71-59(67)47-38-29-23-18-15-21-27-36-45-55(44-35-12-9-6-3)72-61(69)50-49-57(64)65/h25-27,33-34,36,49-50,53-56,62-63H,4-24,28-32,35,37-48,51-52H2,1-3H3,(H,64,65). The lowest BCUT2D eigenvalue weighted by molar-refractivity contribution is -0.167. The quantitative estimate of drug-likeness (QED) is 0.0173. The Hall–Kier alpha value is -3.77. The number of rotatable bonds is 53. The van der Waals surface area contributed by atoms with E-state index in [1.165, 1.54) is 38.5 Å². The van der Waals surface area contributed by atoms with Crippen LogP contribution in [0.15, 0.2) is 48.6 Å². The second-order valence-electron chi connectivity index (χ2n) is 20.1. The second-order valence-corrected chi connectivity index (χ2v) is 20.1. The molecule has 4 unspecified atom stereocenters. The summed E-state index contributed by atoms with van der Waals surface area (Å²) in [5.41, 5.74) is 0. The number of carboxylic acid groups (broad SMARTS) is 1. The Labute approximate surface area is 444 Å². The fraction of sp³-hybridized carbons (Fsp3) is 0.787. The SMILES string of the molecule is CCCCCCC(O)CC=CCCCCCCCC(=O)OCC(COC(=O)CCCCCCCC=CCC(CCCCCC)OC(=O)C=CC(=O)O)OC(=O)CCCCCCCC=CCC(O)CCCCCC. The maximum atomic E-state index is 12.9. The minimum Gasteiger partial charge on any atom is -0.478 e. The van der Waals surface area contributed by atoms with Crippen molar-refractivity contribution in [2.75, 3.05) is 13.2 Å². The van der Waals surface area contributed by atoms with Crippen LogP contribution < -0.4 is 0 Å². The molecule has 0 rings (SSSR count). The number of hydrogen-bond acceptors (Lipinski definition) is 11. The van der Waals surface area contributed by atoms with Crippen molar-refractivity contribution in [1.29, 1.82) is 0 Å². The highest BCUT2D eigenvalue weighted by Crippen LogP contribution is 2.17. The molecule has 0 saturated carbocycles. The number of aliphatic hydroxyl groups excluding tert-OH is 2. The van der Waals surface area contributed by atoms with Gasteiger partial charge in [0.1, 0.15) is 19.3 Å². The van der Waals surface area contributed by atoms with E-state index in [0.29, 0.717) is 32.1 Å². The first kappa shape index (κ1) is 69.2. The number of aliphatic hydroxyl groups is 2. The van der Waals surface area contributed by atoms with Crippen LogP contribution in [0.2, 0.25) is 0 Å². The molecular weight excluding hydrogens is 925 g/mol. The lowest BCUT2D eigenvalue weighted by atomic mass is 10.1. The average Bonchev–Trinajstić information content (AvgIpc) is 3.37. The summed E-state index contributed by atoms with van der Waals surface area (Å²) in [5.74, 6) is -2.96. The number of carbonyl (C=O) groups is 5. The summed E-state index contributed by atoms with van der Waals surface area (Å²) in [6.07, 6.45) is 48.5. The molecule has 0 fully saturated rings. The monoisotopic (exact) mass is 1030 g/mol. The third-order valence-corrected chi connectivity index (χ3v) is 12.9. The lowest BCUT2D eigenvalue weighted by Gasteiger charge is -2.18. The van der Waals surface area contributed by atoms with E-state index in [0.717, 1.165) is 173 Å². The van der Waals surface area contributed by atoms with E-state index >= 15 is 0 Å². The number of aliphatic carboxylic acids is 1. The normalized spacial score (nSPS) is 13.5. The summed E-state index contributed by atoms with van der Waals surface area (Å²) < 4.78 is 22.3. The molecule has 0 amide bonds. The third kappa shape index (κ3) is 51.5. The minimum absolute atomic E-state index is 0.162. The molecule has 0 bridgehead atoms. The molecule has 12 heteroatoms. The molecule has 73 heavy (non-hydrogen) atoms. The van der Waals surface area contributed by atoms with E-state index in [-0.39, 0.29) is 62.7 Å². The maximum Gasteiger partial charge on any atom is 0.331 e. The number of carbonyl (C=O) groups excluding carboxylic acids is 4. The van der Waals surface area contributed by atoms with Gasteiger partial charge in [-0.1, -0.05) is 186 Å². The molecule has 422 valence electrons. The number of esters is 4. The molecule has 0 radical (unpaired) electrons. The van der Waals surface area contributed by atoms with E-state index in [1.54, 1.807) is 0 Å². The highest BCUT2D eigenvalue weighted by Gasteiger charge is 2.20. The van der Waals surface area contributed by atoms with Gasteiger partial charge < -0.3 is 34.3 Å². The van der Waals surface area contributed by atoms with Crippen LogP contribution in [0.4, 0.5) is 0 Å². The first-order valence-electron chi connectivity index (χ1n) is 29.4. The van der Waals surface area contributed by atoms with Crippen molar-refractivity contribution in [3.05, 3.63) is 48.6 Å². The van der Waals surface area contributed by atoms with Gasteiger partial charge in [-0.05, 0) is 96.3 Å². The van der Waals surface area contributed by atoms with Crippen LogP contribution in [-0.4, -0.2) is 82.8 Å². The molecule has 0 aliphatic carbocycles. The summed E-state index contributed by atoms with van der Waals surface area (Å²) >= 11 is 0.